The molecule has 2 N–H and O–H groups in total. The lowest BCUT2D eigenvalue weighted by Gasteiger charge is -2.33. The molecule has 0 aromatic carbocycles. The van der Waals surface area contributed by atoms with E-state index in [1.165, 1.54) is 19.1 Å². The molecule has 0 atom stereocenters. The first-order valence-corrected chi connectivity index (χ1v) is 9.47. The molecule has 6 nitrogen and oxygen atoms in total. The molecule has 2 saturated heterocycles. The average Bonchev–Trinajstić information content (AvgIpc) is 3.07. The van der Waals surface area contributed by atoms with E-state index in [-0.39, 0.29) is 17.9 Å². The summed E-state index contributed by atoms with van der Waals surface area (Å²) in [6, 6.07) is 1.83. The zero-order chi connectivity index (χ0) is 17.6. The van der Waals surface area contributed by atoms with E-state index >= 15 is 0 Å². The van der Waals surface area contributed by atoms with Gasteiger partial charge < -0.3 is 20.0 Å². The number of rotatable bonds is 5. The van der Waals surface area contributed by atoms with Gasteiger partial charge in [-0.15, -0.1) is 0 Å². The first kappa shape index (κ1) is 18.0. The number of hydrogen-bond donors (Lipinski definition) is 2. The first-order chi connectivity index (χ1) is 12.1. The van der Waals surface area contributed by atoms with Crippen molar-refractivity contribution in [3.63, 3.8) is 0 Å². The van der Waals surface area contributed by atoms with E-state index in [9.17, 15) is 9.59 Å². The Bertz CT molecular complexity index is 584. The van der Waals surface area contributed by atoms with Gasteiger partial charge in [-0.2, -0.15) is 0 Å². The summed E-state index contributed by atoms with van der Waals surface area (Å²) in [5, 5.41) is 6.43. The summed E-state index contributed by atoms with van der Waals surface area (Å²) >= 11 is 0. The zero-order valence-corrected chi connectivity index (χ0v) is 15.1. The molecule has 3 heterocycles. The van der Waals surface area contributed by atoms with Crippen LogP contribution in [0.1, 0.15) is 54.6 Å². The molecule has 2 aliphatic rings. The van der Waals surface area contributed by atoms with Crippen LogP contribution in [0.25, 0.3) is 0 Å². The lowest BCUT2D eigenvalue weighted by atomic mass is 9.93. The molecule has 0 spiro atoms. The van der Waals surface area contributed by atoms with Crippen molar-refractivity contribution in [2.75, 3.05) is 26.2 Å². The van der Waals surface area contributed by atoms with Crippen LogP contribution in [-0.4, -0.2) is 48.9 Å². The molecule has 2 aliphatic heterocycles. The van der Waals surface area contributed by atoms with Gasteiger partial charge >= 0.3 is 0 Å². The number of aryl methyl sites for hydroxylation is 1. The summed E-state index contributed by atoms with van der Waals surface area (Å²) in [5.41, 5.74) is 0.598. The third-order valence-corrected chi connectivity index (χ3v) is 5.51. The summed E-state index contributed by atoms with van der Waals surface area (Å²) in [7, 11) is 0. The molecule has 1 aromatic heterocycles. The smallest absolute Gasteiger partial charge is 0.255 e. The van der Waals surface area contributed by atoms with Gasteiger partial charge in [-0.1, -0.05) is 0 Å². The van der Waals surface area contributed by atoms with Gasteiger partial charge in [-0.05, 0) is 64.1 Å². The molecule has 0 bridgehead atoms. The fourth-order valence-corrected chi connectivity index (χ4v) is 3.81. The highest BCUT2D eigenvalue weighted by molar-refractivity contribution is 5.95. The van der Waals surface area contributed by atoms with Gasteiger partial charge in [0.2, 0.25) is 5.91 Å². The van der Waals surface area contributed by atoms with Crippen LogP contribution in [0.15, 0.2) is 16.7 Å². The van der Waals surface area contributed by atoms with Crippen molar-refractivity contribution < 1.29 is 14.0 Å². The Balaban J connectivity index is 1.38. The fraction of sp³-hybridized carbons (Fsp3) is 0.684. The Morgan fingerprint density at radius 3 is 2.60 bits per heavy atom. The number of likely N-dealkylation sites (tertiary alicyclic amines) is 1. The van der Waals surface area contributed by atoms with E-state index < -0.39 is 0 Å². The maximum absolute atomic E-state index is 12.4. The lowest BCUT2D eigenvalue weighted by molar-refractivity contribution is -0.132. The molecule has 0 aliphatic carbocycles. The SMILES string of the molecule is Cc1occc1C(=O)NC1CCN(C(=O)CCC2CCNCC2)CC1. The van der Waals surface area contributed by atoms with E-state index in [4.69, 9.17) is 4.42 Å². The number of nitrogens with one attached hydrogen (secondary N) is 2. The largest absolute Gasteiger partial charge is 0.469 e. The minimum absolute atomic E-state index is 0.0815. The van der Waals surface area contributed by atoms with Crippen molar-refractivity contribution in [3.8, 4) is 0 Å². The molecule has 2 amide bonds. The van der Waals surface area contributed by atoms with Crippen molar-refractivity contribution in [1.82, 2.24) is 15.5 Å². The van der Waals surface area contributed by atoms with Gasteiger partial charge in [-0.3, -0.25) is 9.59 Å². The number of piperidine rings is 2. The second-order valence-corrected chi connectivity index (χ2v) is 7.25. The van der Waals surface area contributed by atoms with Gasteiger partial charge in [0.25, 0.3) is 5.91 Å². The summed E-state index contributed by atoms with van der Waals surface area (Å²) in [6.07, 6.45) is 7.23. The predicted octanol–water partition coefficient (Wildman–Crippen LogP) is 2.09. The van der Waals surface area contributed by atoms with Crippen LogP contribution in [0.5, 0.6) is 0 Å². The van der Waals surface area contributed by atoms with Gasteiger partial charge in [0.05, 0.1) is 11.8 Å². The Labute approximate surface area is 149 Å². The van der Waals surface area contributed by atoms with E-state index in [0.29, 0.717) is 23.7 Å². The molecule has 6 heteroatoms. The molecular formula is C19H29N3O3. The second kappa shape index (κ2) is 8.52. The molecule has 25 heavy (non-hydrogen) atoms. The lowest BCUT2D eigenvalue weighted by Crippen LogP contribution is -2.46. The highest BCUT2D eigenvalue weighted by Gasteiger charge is 2.25. The minimum Gasteiger partial charge on any atom is -0.469 e. The number of hydrogen-bond acceptors (Lipinski definition) is 4. The van der Waals surface area contributed by atoms with E-state index in [2.05, 4.69) is 10.6 Å². The highest BCUT2D eigenvalue weighted by atomic mass is 16.3. The molecular weight excluding hydrogens is 318 g/mol. The normalized spacial score (nSPS) is 19.8. The quantitative estimate of drug-likeness (QED) is 0.855. The zero-order valence-electron chi connectivity index (χ0n) is 15.1. The second-order valence-electron chi connectivity index (χ2n) is 7.25. The summed E-state index contributed by atoms with van der Waals surface area (Å²) < 4.78 is 5.18. The maximum Gasteiger partial charge on any atom is 0.255 e. The Kier molecular flexibility index (Phi) is 6.13. The predicted molar refractivity (Wildman–Crippen MR) is 95.3 cm³/mol. The van der Waals surface area contributed by atoms with Crippen molar-refractivity contribution in [2.24, 2.45) is 5.92 Å². The summed E-state index contributed by atoms with van der Waals surface area (Å²) in [5.74, 6) is 1.53. The van der Waals surface area contributed by atoms with Crippen LogP contribution in [-0.2, 0) is 4.79 Å². The van der Waals surface area contributed by atoms with Crippen LogP contribution >= 0.6 is 0 Å². The molecule has 138 valence electrons. The molecule has 2 fully saturated rings. The molecule has 0 unspecified atom stereocenters. The number of carbonyl (C=O) groups is 2. The van der Waals surface area contributed by atoms with Crippen LogP contribution in [0.4, 0.5) is 0 Å². The highest BCUT2D eigenvalue weighted by Crippen LogP contribution is 2.20. The number of amides is 2. The monoisotopic (exact) mass is 347 g/mol. The number of carbonyl (C=O) groups excluding carboxylic acids is 2. The standard InChI is InChI=1S/C19H29N3O3/c1-14-17(8-13-25-14)19(24)21-16-6-11-22(12-7-16)18(23)3-2-15-4-9-20-10-5-15/h8,13,15-16,20H,2-7,9-12H2,1H3,(H,21,24). The van der Waals surface area contributed by atoms with Crippen LogP contribution in [0.3, 0.4) is 0 Å². The van der Waals surface area contributed by atoms with E-state index in [0.717, 1.165) is 45.4 Å². The summed E-state index contributed by atoms with van der Waals surface area (Å²) in [4.78, 5) is 26.6. The topological polar surface area (TPSA) is 74.6 Å². The van der Waals surface area contributed by atoms with E-state index in [1.807, 2.05) is 4.90 Å². The van der Waals surface area contributed by atoms with Crippen LogP contribution < -0.4 is 10.6 Å². The third-order valence-electron chi connectivity index (χ3n) is 5.51. The van der Waals surface area contributed by atoms with E-state index in [1.54, 1.807) is 13.0 Å². The summed E-state index contributed by atoms with van der Waals surface area (Å²) in [6.45, 7) is 5.43. The number of furan rings is 1. The Morgan fingerprint density at radius 1 is 1.24 bits per heavy atom. The van der Waals surface area contributed by atoms with Crippen molar-refractivity contribution in [1.29, 1.82) is 0 Å². The van der Waals surface area contributed by atoms with Crippen molar-refractivity contribution in [2.45, 2.75) is 51.5 Å². The molecule has 0 saturated carbocycles. The first-order valence-electron chi connectivity index (χ1n) is 9.47. The third kappa shape index (κ3) is 4.84. The van der Waals surface area contributed by atoms with Gasteiger partial charge in [0.1, 0.15) is 5.76 Å². The molecule has 1 aromatic rings. The Hall–Kier alpha value is -1.82. The van der Waals surface area contributed by atoms with Crippen molar-refractivity contribution in [3.05, 3.63) is 23.7 Å². The van der Waals surface area contributed by atoms with Gasteiger partial charge in [0, 0.05) is 25.6 Å². The molecule has 0 radical (unpaired) electrons. The van der Waals surface area contributed by atoms with Gasteiger partial charge in [-0.25, -0.2) is 0 Å². The van der Waals surface area contributed by atoms with Gasteiger partial charge in [0.15, 0.2) is 0 Å². The minimum atomic E-state index is -0.0815. The fourth-order valence-electron chi connectivity index (χ4n) is 3.81. The van der Waals surface area contributed by atoms with Crippen LogP contribution in [0.2, 0.25) is 0 Å². The van der Waals surface area contributed by atoms with Crippen molar-refractivity contribution >= 4 is 11.8 Å². The molecule has 3 rings (SSSR count). The maximum atomic E-state index is 12.4. The van der Waals surface area contributed by atoms with Crippen LogP contribution in [0, 0.1) is 12.8 Å². The Morgan fingerprint density at radius 2 is 1.96 bits per heavy atom. The average molecular weight is 347 g/mol. The number of nitrogens with zero attached hydrogens (tertiary/aromatic N) is 1.